The molecule has 0 aromatic carbocycles. The summed E-state index contributed by atoms with van der Waals surface area (Å²) >= 11 is 0. The molecule has 2 saturated carbocycles. The molecule has 282 valence electrons. The highest BCUT2D eigenvalue weighted by molar-refractivity contribution is 5.72. The van der Waals surface area contributed by atoms with Crippen molar-refractivity contribution in [1.82, 2.24) is 4.90 Å². The number of esters is 2. The Morgan fingerprint density at radius 1 is 0.500 bits per heavy atom. The Morgan fingerprint density at radius 2 is 0.875 bits per heavy atom. The van der Waals surface area contributed by atoms with Crippen molar-refractivity contribution >= 4 is 11.9 Å². The molecule has 0 aliphatic heterocycles. The van der Waals surface area contributed by atoms with Crippen molar-refractivity contribution in [3.63, 3.8) is 0 Å². The first kappa shape index (κ1) is 43.0. The molecule has 2 rings (SSSR count). The number of hydrogen-bond donors (Lipinski definition) is 1. The van der Waals surface area contributed by atoms with E-state index >= 15 is 0 Å². The number of nitrogens with zero attached hydrogens (tertiary/aromatic N) is 1. The van der Waals surface area contributed by atoms with Crippen LogP contribution in [0.4, 0.5) is 0 Å². The average Bonchev–Trinajstić information content (AvgIpc) is 3.10. The van der Waals surface area contributed by atoms with E-state index in [2.05, 4.69) is 18.7 Å². The normalized spacial score (nSPS) is 21.4. The molecular formula is C42H79NO5. The molecule has 0 spiro atoms. The van der Waals surface area contributed by atoms with Crippen molar-refractivity contribution < 1.29 is 24.2 Å². The lowest BCUT2D eigenvalue weighted by molar-refractivity contribution is -0.151. The van der Waals surface area contributed by atoms with Gasteiger partial charge in [-0.3, -0.25) is 9.59 Å². The van der Waals surface area contributed by atoms with Gasteiger partial charge in [0.2, 0.25) is 0 Å². The maximum atomic E-state index is 12.5. The van der Waals surface area contributed by atoms with Gasteiger partial charge in [-0.15, -0.1) is 0 Å². The highest BCUT2D eigenvalue weighted by Gasteiger charge is 2.28. The van der Waals surface area contributed by atoms with Crippen molar-refractivity contribution in [1.29, 1.82) is 0 Å². The fourth-order valence-electron chi connectivity index (χ4n) is 8.04. The lowest BCUT2D eigenvalue weighted by Gasteiger charge is -2.27. The van der Waals surface area contributed by atoms with Gasteiger partial charge < -0.3 is 19.5 Å². The number of hydrogen-bond acceptors (Lipinski definition) is 6. The quantitative estimate of drug-likeness (QED) is 0.0602. The highest BCUT2D eigenvalue weighted by Crippen LogP contribution is 2.34. The minimum Gasteiger partial charge on any atom is -0.465 e. The molecule has 0 aromatic heterocycles. The Morgan fingerprint density at radius 3 is 1.27 bits per heavy atom. The zero-order valence-electron chi connectivity index (χ0n) is 31.9. The van der Waals surface area contributed by atoms with Crippen molar-refractivity contribution in [2.75, 3.05) is 39.5 Å². The van der Waals surface area contributed by atoms with Crippen LogP contribution in [0.15, 0.2) is 0 Å². The first-order valence-corrected chi connectivity index (χ1v) is 21.2. The Kier molecular flexibility index (Phi) is 26.5. The summed E-state index contributed by atoms with van der Waals surface area (Å²) in [5.74, 6) is 2.08. The van der Waals surface area contributed by atoms with E-state index < -0.39 is 0 Å². The van der Waals surface area contributed by atoms with Crippen LogP contribution in [0.25, 0.3) is 0 Å². The van der Waals surface area contributed by atoms with Gasteiger partial charge in [0.1, 0.15) is 0 Å². The number of ether oxygens (including phenoxy) is 2. The van der Waals surface area contributed by atoms with Crippen LogP contribution in [0.5, 0.6) is 0 Å². The van der Waals surface area contributed by atoms with Gasteiger partial charge in [0.15, 0.2) is 0 Å². The molecule has 6 nitrogen and oxygen atoms in total. The molecule has 0 radical (unpaired) electrons. The minimum atomic E-state index is 0.0598. The minimum absolute atomic E-state index is 0.0598. The van der Waals surface area contributed by atoms with Crippen LogP contribution < -0.4 is 0 Å². The Hall–Kier alpha value is -1.14. The summed E-state index contributed by atoms with van der Waals surface area (Å²) in [6, 6.07) is 0. The molecule has 6 heteroatoms. The summed E-state index contributed by atoms with van der Waals surface area (Å²) in [6.45, 7) is 9.33. The third-order valence-corrected chi connectivity index (χ3v) is 11.4. The number of carbonyl (C=O) groups excluding carboxylic acids is 2. The predicted octanol–water partition coefficient (Wildman–Crippen LogP) is 10.8. The summed E-state index contributed by atoms with van der Waals surface area (Å²) in [5.41, 5.74) is 0. The van der Waals surface area contributed by atoms with Gasteiger partial charge in [0, 0.05) is 6.61 Å². The SMILES string of the molecule is CCCCCC1CCC(C(=O)OCCCCCCCN(CCCCO)CCCCCCCOC(=O)C2CCC(CCCCC)CC2)CC1. The van der Waals surface area contributed by atoms with Crippen LogP contribution in [0, 0.1) is 23.7 Å². The largest absolute Gasteiger partial charge is 0.465 e. The number of unbranched alkanes of at least 4 members (excludes halogenated alkanes) is 13. The van der Waals surface area contributed by atoms with Gasteiger partial charge in [-0.25, -0.2) is 0 Å². The van der Waals surface area contributed by atoms with Crippen LogP contribution in [-0.4, -0.2) is 61.4 Å². The molecule has 0 bridgehead atoms. The molecule has 2 fully saturated rings. The maximum absolute atomic E-state index is 12.5. The van der Waals surface area contributed by atoms with E-state index in [-0.39, 0.29) is 30.4 Å². The molecule has 2 aliphatic carbocycles. The summed E-state index contributed by atoms with van der Waals surface area (Å²) < 4.78 is 11.3. The van der Waals surface area contributed by atoms with Crippen LogP contribution >= 0.6 is 0 Å². The summed E-state index contributed by atoms with van der Waals surface area (Å²) in [5, 5.41) is 9.24. The number of rotatable bonds is 30. The van der Waals surface area contributed by atoms with E-state index in [1.807, 2.05) is 0 Å². The monoisotopic (exact) mass is 678 g/mol. The summed E-state index contributed by atoms with van der Waals surface area (Å²) in [7, 11) is 0. The fourth-order valence-corrected chi connectivity index (χ4v) is 8.04. The van der Waals surface area contributed by atoms with Crippen LogP contribution in [0.1, 0.15) is 194 Å². The standard InChI is InChI=1S/C42H79NO5/c1-3-5-13-21-37-23-27-39(28-24-37)41(45)47-35-19-11-7-9-15-31-43(33-17-18-34-44)32-16-10-8-12-20-36-48-42(46)40-29-25-38(26-30-40)22-14-6-4-2/h37-40,44H,3-36H2,1-2H3. The van der Waals surface area contributed by atoms with Crippen LogP contribution in [-0.2, 0) is 19.1 Å². The lowest BCUT2D eigenvalue weighted by Crippen LogP contribution is -2.27. The maximum Gasteiger partial charge on any atom is 0.308 e. The number of aliphatic hydroxyl groups excluding tert-OH is 1. The third kappa shape index (κ3) is 21.2. The van der Waals surface area contributed by atoms with Gasteiger partial charge in [0.25, 0.3) is 0 Å². The number of aliphatic hydroxyl groups is 1. The topological polar surface area (TPSA) is 76.1 Å². The van der Waals surface area contributed by atoms with Crippen molar-refractivity contribution in [2.24, 2.45) is 23.7 Å². The molecule has 1 N–H and O–H groups in total. The van der Waals surface area contributed by atoms with Crippen LogP contribution in [0.3, 0.4) is 0 Å². The van der Waals surface area contributed by atoms with Gasteiger partial charge in [-0.1, -0.05) is 104 Å². The Balaban J connectivity index is 1.43. The molecule has 0 saturated heterocycles. The molecule has 0 amide bonds. The van der Waals surface area contributed by atoms with E-state index in [9.17, 15) is 14.7 Å². The van der Waals surface area contributed by atoms with Crippen molar-refractivity contribution in [3.8, 4) is 0 Å². The fraction of sp³-hybridized carbons (Fsp3) is 0.952. The number of carbonyl (C=O) groups is 2. The van der Waals surface area contributed by atoms with Crippen LogP contribution in [0.2, 0.25) is 0 Å². The van der Waals surface area contributed by atoms with E-state index in [4.69, 9.17) is 9.47 Å². The van der Waals surface area contributed by atoms with E-state index in [1.165, 1.54) is 116 Å². The summed E-state index contributed by atoms with van der Waals surface area (Å²) in [4.78, 5) is 27.6. The second kappa shape index (κ2) is 29.6. The van der Waals surface area contributed by atoms with Gasteiger partial charge in [-0.05, 0) is 121 Å². The Bertz CT molecular complexity index is 701. The second-order valence-corrected chi connectivity index (χ2v) is 15.6. The van der Waals surface area contributed by atoms with Gasteiger partial charge in [-0.2, -0.15) is 0 Å². The van der Waals surface area contributed by atoms with Gasteiger partial charge >= 0.3 is 11.9 Å². The van der Waals surface area contributed by atoms with E-state index in [1.54, 1.807) is 0 Å². The third-order valence-electron chi connectivity index (χ3n) is 11.4. The molecule has 0 aromatic rings. The van der Waals surface area contributed by atoms with Crippen molar-refractivity contribution in [3.05, 3.63) is 0 Å². The average molecular weight is 678 g/mol. The van der Waals surface area contributed by atoms with E-state index in [0.717, 1.165) is 95.7 Å². The zero-order chi connectivity index (χ0) is 34.5. The van der Waals surface area contributed by atoms with E-state index in [0.29, 0.717) is 13.2 Å². The van der Waals surface area contributed by atoms with Crippen molar-refractivity contribution in [2.45, 2.75) is 194 Å². The molecule has 0 atom stereocenters. The molecule has 48 heavy (non-hydrogen) atoms. The first-order valence-electron chi connectivity index (χ1n) is 21.2. The lowest BCUT2D eigenvalue weighted by atomic mass is 9.80. The molecule has 2 aliphatic rings. The Labute approximate surface area is 297 Å². The second-order valence-electron chi connectivity index (χ2n) is 15.6. The highest BCUT2D eigenvalue weighted by atomic mass is 16.5. The van der Waals surface area contributed by atoms with Gasteiger partial charge in [0.05, 0.1) is 25.0 Å². The zero-order valence-corrected chi connectivity index (χ0v) is 31.9. The predicted molar refractivity (Wildman–Crippen MR) is 200 cm³/mol. The first-order chi connectivity index (χ1) is 23.6. The molecule has 0 heterocycles. The molecule has 0 unspecified atom stereocenters. The smallest absolute Gasteiger partial charge is 0.308 e. The summed E-state index contributed by atoms with van der Waals surface area (Å²) in [6.07, 6.45) is 33.1. The molecular weight excluding hydrogens is 598 g/mol.